The Morgan fingerprint density at radius 1 is 1.15 bits per heavy atom. The highest BCUT2D eigenvalue weighted by molar-refractivity contribution is 9.10. The Kier molecular flexibility index (Phi) is 7.26. The molecule has 6 heteroatoms. The van der Waals surface area contributed by atoms with Gasteiger partial charge in [-0.3, -0.25) is 9.59 Å². The zero-order valence-corrected chi connectivity index (χ0v) is 18.5. The topological polar surface area (TPSA) is 40.6 Å². The minimum absolute atomic E-state index is 0.112. The number of benzene rings is 1. The second-order valence-corrected chi connectivity index (χ2v) is 9.83. The van der Waals surface area contributed by atoms with Gasteiger partial charge >= 0.3 is 0 Å². The summed E-state index contributed by atoms with van der Waals surface area (Å²) in [6, 6.07) is 7.63. The maximum Gasteiger partial charge on any atom is 0.255 e. The van der Waals surface area contributed by atoms with E-state index in [4.69, 9.17) is 0 Å². The molecule has 2 saturated heterocycles. The molecule has 1 aromatic carbocycles. The third-order valence-electron chi connectivity index (χ3n) is 5.64. The van der Waals surface area contributed by atoms with Gasteiger partial charge in [0.25, 0.3) is 5.91 Å². The lowest BCUT2D eigenvalue weighted by Gasteiger charge is -2.44. The van der Waals surface area contributed by atoms with Crippen LogP contribution in [0.5, 0.6) is 0 Å². The smallest absolute Gasteiger partial charge is 0.255 e. The number of rotatable bonds is 6. The van der Waals surface area contributed by atoms with Gasteiger partial charge in [0, 0.05) is 41.8 Å². The average Bonchev–Trinajstić information content (AvgIpc) is 3.08. The van der Waals surface area contributed by atoms with Crippen LogP contribution < -0.4 is 0 Å². The molecule has 2 fully saturated rings. The molecule has 2 aliphatic rings. The molecule has 0 saturated carbocycles. The summed E-state index contributed by atoms with van der Waals surface area (Å²) in [5.41, 5.74) is 0.737. The molecule has 3 rings (SSSR count). The third kappa shape index (κ3) is 4.89. The second kappa shape index (κ2) is 9.46. The molecule has 0 aromatic heterocycles. The Morgan fingerprint density at radius 3 is 2.63 bits per heavy atom. The number of piperidine rings is 1. The maximum atomic E-state index is 13.1. The molecule has 2 heterocycles. The van der Waals surface area contributed by atoms with E-state index in [1.807, 2.05) is 40.9 Å². The Labute approximate surface area is 175 Å². The molecule has 148 valence electrons. The minimum atomic E-state index is -0.140. The van der Waals surface area contributed by atoms with E-state index in [9.17, 15) is 9.59 Å². The van der Waals surface area contributed by atoms with E-state index in [0.717, 1.165) is 61.1 Å². The number of likely N-dealkylation sites (tertiary alicyclic amines) is 1. The summed E-state index contributed by atoms with van der Waals surface area (Å²) in [5.74, 6) is 1.37. The molecule has 1 spiro atoms. The number of unbranched alkanes of at least 4 members (excludes halogenated alkanes) is 3. The Bertz CT molecular complexity index is 674. The van der Waals surface area contributed by atoms with Crippen LogP contribution in [0.1, 0.15) is 62.2 Å². The highest BCUT2D eigenvalue weighted by Crippen LogP contribution is 2.44. The van der Waals surface area contributed by atoms with Crippen molar-refractivity contribution in [2.45, 2.75) is 56.7 Å². The number of hydrogen-bond donors (Lipinski definition) is 0. The predicted molar refractivity (Wildman–Crippen MR) is 115 cm³/mol. The first kappa shape index (κ1) is 20.7. The molecule has 0 radical (unpaired) electrons. The normalized spacial score (nSPS) is 18.9. The molecule has 2 aliphatic heterocycles. The molecular formula is C21H29BrN2O2S. The van der Waals surface area contributed by atoms with Crippen molar-refractivity contribution in [2.75, 3.05) is 25.4 Å². The molecule has 1 aromatic rings. The van der Waals surface area contributed by atoms with E-state index in [1.54, 1.807) is 0 Å². The Balaban J connectivity index is 1.59. The van der Waals surface area contributed by atoms with Gasteiger partial charge in [-0.15, -0.1) is 11.8 Å². The summed E-state index contributed by atoms with van der Waals surface area (Å²) in [6.07, 6.45) is 6.96. The van der Waals surface area contributed by atoms with Crippen LogP contribution in [-0.4, -0.2) is 51.9 Å². The van der Waals surface area contributed by atoms with Crippen LogP contribution >= 0.6 is 27.7 Å². The van der Waals surface area contributed by atoms with E-state index < -0.39 is 0 Å². The summed E-state index contributed by atoms with van der Waals surface area (Å²) in [7, 11) is 0. The Morgan fingerprint density at radius 2 is 1.93 bits per heavy atom. The average molecular weight is 453 g/mol. The van der Waals surface area contributed by atoms with Gasteiger partial charge in [-0.25, -0.2) is 0 Å². The van der Waals surface area contributed by atoms with E-state index in [1.165, 1.54) is 12.8 Å². The number of hydrogen-bond acceptors (Lipinski definition) is 3. The lowest BCUT2D eigenvalue weighted by Crippen LogP contribution is -2.53. The van der Waals surface area contributed by atoms with Crippen LogP contribution in [0.4, 0.5) is 0 Å². The standard InChI is InChI=1S/C21H29BrN2O2S/c1-2-3-4-5-9-19(25)23-12-10-21(11-13-23)24(14-15-27-21)20(26)17-7-6-8-18(22)16-17/h6-8,16H,2-5,9-15H2,1H3. The van der Waals surface area contributed by atoms with Crippen LogP contribution in [0.2, 0.25) is 0 Å². The third-order valence-corrected chi connectivity index (χ3v) is 7.68. The van der Waals surface area contributed by atoms with Crippen molar-refractivity contribution in [1.82, 2.24) is 9.80 Å². The van der Waals surface area contributed by atoms with E-state index in [-0.39, 0.29) is 16.7 Å². The van der Waals surface area contributed by atoms with Crippen molar-refractivity contribution < 1.29 is 9.59 Å². The second-order valence-electron chi connectivity index (χ2n) is 7.45. The summed E-state index contributed by atoms with van der Waals surface area (Å²) in [5, 5.41) is 0. The number of carbonyl (C=O) groups is 2. The van der Waals surface area contributed by atoms with Crippen LogP contribution in [0.3, 0.4) is 0 Å². The Hall–Kier alpha value is -1.01. The van der Waals surface area contributed by atoms with Crippen molar-refractivity contribution >= 4 is 39.5 Å². The summed E-state index contributed by atoms with van der Waals surface area (Å²) >= 11 is 5.36. The van der Waals surface area contributed by atoms with Crippen molar-refractivity contribution in [3.8, 4) is 0 Å². The fourth-order valence-electron chi connectivity index (χ4n) is 4.05. The molecule has 27 heavy (non-hydrogen) atoms. The molecule has 2 amide bonds. The molecule has 0 N–H and O–H groups in total. The first-order valence-corrected chi connectivity index (χ1v) is 11.8. The van der Waals surface area contributed by atoms with Gasteiger partial charge in [-0.1, -0.05) is 48.2 Å². The number of carbonyl (C=O) groups excluding carboxylic acids is 2. The van der Waals surface area contributed by atoms with Crippen LogP contribution in [0, 0.1) is 0 Å². The first-order valence-electron chi connectivity index (χ1n) is 10.0. The molecule has 0 unspecified atom stereocenters. The van der Waals surface area contributed by atoms with Gasteiger partial charge < -0.3 is 9.80 Å². The fourth-order valence-corrected chi connectivity index (χ4v) is 5.91. The predicted octanol–water partition coefficient (Wildman–Crippen LogP) is 4.93. The molecular weight excluding hydrogens is 424 g/mol. The van der Waals surface area contributed by atoms with E-state index >= 15 is 0 Å². The van der Waals surface area contributed by atoms with Gasteiger partial charge in [-0.05, 0) is 37.5 Å². The number of halogens is 1. The van der Waals surface area contributed by atoms with Crippen molar-refractivity contribution in [3.63, 3.8) is 0 Å². The number of nitrogens with zero attached hydrogens (tertiary/aromatic N) is 2. The van der Waals surface area contributed by atoms with Gasteiger partial charge in [-0.2, -0.15) is 0 Å². The number of thioether (sulfide) groups is 1. The highest BCUT2D eigenvalue weighted by Gasteiger charge is 2.46. The largest absolute Gasteiger partial charge is 0.342 e. The molecule has 4 nitrogen and oxygen atoms in total. The monoisotopic (exact) mass is 452 g/mol. The van der Waals surface area contributed by atoms with Crippen LogP contribution in [-0.2, 0) is 4.79 Å². The molecule has 0 atom stereocenters. The zero-order valence-electron chi connectivity index (χ0n) is 16.1. The summed E-state index contributed by atoms with van der Waals surface area (Å²) < 4.78 is 0.928. The number of amides is 2. The lowest BCUT2D eigenvalue weighted by molar-refractivity contribution is -0.132. The van der Waals surface area contributed by atoms with Crippen molar-refractivity contribution in [1.29, 1.82) is 0 Å². The van der Waals surface area contributed by atoms with E-state index in [0.29, 0.717) is 6.42 Å². The van der Waals surface area contributed by atoms with Gasteiger partial charge in [0.2, 0.25) is 5.91 Å². The summed E-state index contributed by atoms with van der Waals surface area (Å²) in [6.45, 7) is 4.51. The maximum absolute atomic E-state index is 13.1. The van der Waals surface area contributed by atoms with Gasteiger partial charge in [0.1, 0.15) is 0 Å². The zero-order chi connectivity index (χ0) is 19.3. The minimum Gasteiger partial charge on any atom is -0.342 e. The first-order chi connectivity index (χ1) is 13.1. The highest BCUT2D eigenvalue weighted by atomic mass is 79.9. The SMILES string of the molecule is CCCCCCC(=O)N1CCC2(CC1)SCCN2C(=O)c1cccc(Br)c1. The van der Waals surface area contributed by atoms with Crippen LogP contribution in [0.15, 0.2) is 28.7 Å². The van der Waals surface area contributed by atoms with Crippen LogP contribution in [0.25, 0.3) is 0 Å². The van der Waals surface area contributed by atoms with Crippen molar-refractivity contribution in [2.24, 2.45) is 0 Å². The fraction of sp³-hybridized carbons (Fsp3) is 0.619. The van der Waals surface area contributed by atoms with E-state index in [2.05, 4.69) is 27.8 Å². The van der Waals surface area contributed by atoms with Crippen molar-refractivity contribution in [3.05, 3.63) is 34.3 Å². The van der Waals surface area contributed by atoms with Gasteiger partial charge in [0.05, 0.1) is 4.87 Å². The van der Waals surface area contributed by atoms with Gasteiger partial charge in [0.15, 0.2) is 0 Å². The summed E-state index contributed by atoms with van der Waals surface area (Å²) in [4.78, 5) is 29.5. The quantitative estimate of drug-likeness (QED) is 0.574. The lowest BCUT2D eigenvalue weighted by atomic mass is 10.00. The molecule has 0 aliphatic carbocycles. The molecule has 0 bridgehead atoms.